The predicted octanol–water partition coefficient (Wildman–Crippen LogP) is 3.74. The standard InChI is InChI=1S/C15H13ClO3/c1-18-13-7-6-11(9-17)15(8-13)19-10-12-4-2-3-5-14(12)16/h2-9H,10H2,1H3. The number of carbonyl (C=O) groups excluding carboxylic acids is 1. The Hall–Kier alpha value is -2.00. The molecular formula is C15H13ClO3. The van der Waals surface area contributed by atoms with Crippen molar-refractivity contribution in [2.45, 2.75) is 6.61 Å². The first-order valence-corrected chi connectivity index (χ1v) is 6.12. The summed E-state index contributed by atoms with van der Waals surface area (Å²) in [5.41, 5.74) is 1.34. The number of carbonyl (C=O) groups is 1. The number of rotatable bonds is 5. The van der Waals surface area contributed by atoms with Crippen molar-refractivity contribution in [3.8, 4) is 11.5 Å². The Morgan fingerprint density at radius 2 is 2.00 bits per heavy atom. The van der Waals surface area contributed by atoms with Crippen molar-refractivity contribution in [1.29, 1.82) is 0 Å². The molecule has 2 aromatic rings. The van der Waals surface area contributed by atoms with Crippen LogP contribution in [-0.2, 0) is 6.61 Å². The lowest BCUT2D eigenvalue weighted by molar-refractivity contribution is 0.111. The molecule has 0 unspecified atom stereocenters. The molecule has 0 N–H and O–H groups in total. The van der Waals surface area contributed by atoms with Crippen molar-refractivity contribution in [2.75, 3.05) is 7.11 Å². The number of benzene rings is 2. The van der Waals surface area contributed by atoms with E-state index in [0.717, 1.165) is 11.8 Å². The van der Waals surface area contributed by atoms with Gasteiger partial charge >= 0.3 is 0 Å². The molecule has 0 saturated heterocycles. The second-order valence-corrected chi connectivity index (χ2v) is 4.31. The van der Waals surface area contributed by atoms with Crippen molar-refractivity contribution in [2.24, 2.45) is 0 Å². The van der Waals surface area contributed by atoms with Gasteiger partial charge in [-0.3, -0.25) is 4.79 Å². The van der Waals surface area contributed by atoms with E-state index in [9.17, 15) is 4.79 Å². The molecule has 2 aromatic carbocycles. The molecule has 0 aliphatic heterocycles. The number of halogens is 1. The third-order valence-corrected chi connectivity index (χ3v) is 3.06. The molecule has 0 radical (unpaired) electrons. The van der Waals surface area contributed by atoms with Crippen LogP contribution >= 0.6 is 11.6 Å². The molecule has 0 aliphatic rings. The van der Waals surface area contributed by atoms with Gasteiger partial charge in [0.1, 0.15) is 18.1 Å². The van der Waals surface area contributed by atoms with Crippen molar-refractivity contribution >= 4 is 17.9 Å². The Morgan fingerprint density at radius 3 is 2.68 bits per heavy atom. The SMILES string of the molecule is COc1ccc(C=O)c(OCc2ccccc2Cl)c1. The van der Waals surface area contributed by atoms with Gasteiger partial charge in [0, 0.05) is 16.7 Å². The lowest BCUT2D eigenvalue weighted by Gasteiger charge is -2.11. The van der Waals surface area contributed by atoms with Gasteiger partial charge in [-0.05, 0) is 18.2 Å². The van der Waals surface area contributed by atoms with Gasteiger partial charge in [0.25, 0.3) is 0 Å². The fourth-order valence-corrected chi connectivity index (χ4v) is 1.83. The smallest absolute Gasteiger partial charge is 0.153 e. The first-order valence-electron chi connectivity index (χ1n) is 5.74. The molecule has 0 saturated carbocycles. The summed E-state index contributed by atoms with van der Waals surface area (Å²) in [5, 5.41) is 0.637. The van der Waals surface area contributed by atoms with Gasteiger partial charge in [-0.2, -0.15) is 0 Å². The maximum absolute atomic E-state index is 11.0. The second-order valence-electron chi connectivity index (χ2n) is 3.90. The molecule has 0 aliphatic carbocycles. The van der Waals surface area contributed by atoms with E-state index >= 15 is 0 Å². The molecule has 19 heavy (non-hydrogen) atoms. The topological polar surface area (TPSA) is 35.5 Å². The maximum atomic E-state index is 11.0. The summed E-state index contributed by atoms with van der Waals surface area (Å²) < 4.78 is 10.7. The van der Waals surface area contributed by atoms with Gasteiger partial charge < -0.3 is 9.47 Å². The third-order valence-electron chi connectivity index (χ3n) is 2.69. The summed E-state index contributed by atoms with van der Waals surface area (Å²) in [7, 11) is 1.56. The van der Waals surface area contributed by atoms with Crippen LogP contribution in [0.15, 0.2) is 42.5 Å². The molecule has 0 heterocycles. The highest BCUT2D eigenvalue weighted by atomic mass is 35.5. The zero-order valence-electron chi connectivity index (χ0n) is 10.4. The second kappa shape index (κ2) is 6.25. The highest BCUT2D eigenvalue weighted by molar-refractivity contribution is 6.31. The summed E-state index contributed by atoms with van der Waals surface area (Å²) in [6.07, 6.45) is 0.751. The van der Waals surface area contributed by atoms with Crippen LogP contribution in [0.1, 0.15) is 15.9 Å². The quantitative estimate of drug-likeness (QED) is 0.781. The van der Waals surface area contributed by atoms with Crippen molar-refractivity contribution in [3.63, 3.8) is 0 Å². The molecule has 3 nitrogen and oxygen atoms in total. The Balaban J connectivity index is 2.19. The van der Waals surface area contributed by atoms with E-state index in [-0.39, 0.29) is 0 Å². The van der Waals surface area contributed by atoms with Crippen LogP contribution in [0, 0.1) is 0 Å². The zero-order chi connectivity index (χ0) is 13.7. The maximum Gasteiger partial charge on any atom is 0.153 e. The van der Waals surface area contributed by atoms with E-state index < -0.39 is 0 Å². The van der Waals surface area contributed by atoms with E-state index in [0.29, 0.717) is 28.7 Å². The molecule has 0 bridgehead atoms. The van der Waals surface area contributed by atoms with Crippen molar-refractivity contribution in [3.05, 3.63) is 58.6 Å². The first kappa shape index (κ1) is 13.4. The molecule has 0 atom stereocenters. The predicted molar refractivity (Wildman–Crippen MR) is 74.2 cm³/mol. The third kappa shape index (κ3) is 3.26. The largest absolute Gasteiger partial charge is 0.497 e. The summed E-state index contributed by atoms with van der Waals surface area (Å²) in [6.45, 7) is 0.299. The molecule has 0 aromatic heterocycles. The van der Waals surface area contributed by atoms with Crippen LogP contribution < -0.4 is 9.47 Å². The lowest BCUT2D eigenvalue weighted by atomic mass is 10.2. The number of ether oxygens (including phenoxy) is 2. The van der Waals surface area contributed by atoms with Crippen molar-refractivity contribution < 1.29 is 14.3 Å². The molecular weight excluding hydrogens is 264 g/mol. The van der Waals surface area contributed by atoms with Crippen LogP contribution in [0.3, 0.4) is 0 Å². The highest BCUT2D eigenvalue weighted by Gasteiger charge is 2.06. The van der Waals surface area contributed by atoms with Gasteiger partial charge in [0.2, 0.25) is 0 Å². The Bertz CT molecular complexity index is 581. The fourth-order valence-electron chi connectivity index (χ4n) is 1.63. The molecule has 0 amide bonds. The summed E-state index contributed by atoms with van der Waals surface area (Å²) >= 11 is 6.05. The van der Waals surface area contributed by atoms with Crippen LogP contribution in [0.4, 0.5) is 0 Å². The molecule has 4 heteroatoms. The van der Waals surface area contributed by atoms with Crippen LogP contribution in [0.2, 0.25) is 5.02 Å². The monoisotopic (exact) mass is 276 g/mol. The summed E-state index contributed by atoms with van der Waals surface area (Å²) in [6, 6.07) is 12.5. The van der Waals surface area contributed by atoms with Crippen LogP contribution in [0.5, 0.6) is 11.5 Å². The number of hydrogen-bond donors (Lipinski definition) is 0. The first-order chi connectivity index (χ1) is 9.24. The lowest BCUT2D eigenvalue weighted by Crippen LogP contribution is -1.99. The highest BCUT2D eigenvalue weighted by Crippen LogP contribution is 2.25. The Labute approximate surface area is 116 Å². The van der Waals surface area contributed by atoms with E-state index in [1.165, 1.54) is 0 Å². The molecule has 2 rings (SSSR count). The van der Waals surface area contributed by atoms with Gasteiger partial charge in [-0.25, -0.2) is 0 Å². The van der Waals surface area contributed by atoms with Gasteiger partial charge in [-0.1, -0.05) is 29.8 Å². The van der Waals surface area contributed by atoms with Gasteiger partial charge in [0.05, 0.1) is 12.7 Å². The van der Waals surface area contributed by atoms with Crippen LogP contribution in [-0.4, -0.2) is 13.4 Å². The average molecular weight is 277 g/mol. The fraction of sp³-hybridized carbons (Fsp3) is 0.133. The minimum atomic E-state index is 0.299. The number of aldehydes is 1. The number of methoxy groups -OCH3 is 1. The van der Waals surface area contributed by atoms with E-state index in [2.05, 4.69) is 0 Å². The van der Waals surface area contributed by atoms with E-state index in [1.54, 1.807) is 31.4 Å². The Morgan fingerprint density at radius 1 is 1.21 bits per heavy atom. The van der Waals surface area contributed by atoms with E-state index in [1.807, 2.05) is 18.2 Å². The van der Waals surface area contributed by atoms with E-state index in [4.69, 9.17) is 21.1 Å². The normalized spacial score (nSPS) is 10.0. The molecule has 0 fully saturated rings. The van der Waals surface area contributed by atoms with Gasteiger partial charge in [-0.15, -0.1) is 0 Å². The number of hydrogen-bond acceptors (Lipinski definition) is 3. The minimum absolute atomic E-state index is 0.299. The Kier molecular flexibility index (Phi) is 4.42. The van der Waals surface area contributed by atoms with Crippen LogP contribution in [0.25, 0.3) is 0 Å². The van der Waals surface area contributed by atoms with Gasteiger partial charge in [0.15, 0.2) is 6.29 Å². The summed E-state index contributed by atoms with van der Waals surface area (Å²) in [4.78, 5) is 11.0. The summed E-state index contributed by atoms with van der Waals surface area (Å²) in [5.74, 6) is 1.12. The molecule has 98 valence electrons. The zero-order valence-corrected chi connectivity index (χ0v) is 11.2. The minimum Gasteiger partial charge on any atom is -0.497 e. The average Bonchev–Trinajstić information content (AvgIpc) is 2.46. The van der Waals surface area contributed by atoms with Crippen molar-refractivity contribution in [1.82, 2.24) is 0 Å². The molecule has 0 spiro atoms.